The SMILES string of the molecule is O=C1CNC(=O)Cc2cccc(c2)Oc2ccc(cc2[N+](=O)[O-])CCN1. The van der Waals surface area contributed by atoms with E-state index in [2.05, 4.69) is 10.6 Å². The number of fused-ring (bicyclic) bond motifs is 9. The minimum atomic E-state index is -0.502. The molecule has 26 heavy (non-hydrogen) atoms. The van der Waals surface area contributed by atoms with Crippen molar-refractivity contribution >= 4 is 17.5 Å². The first-order valence-corrected chi connectivity index (χ1v) is 8.09. The lowest BCUT2D eigenvalue weighted by molar-refractivity contribution is -0.385. The molecule has 0 unspecified atom stereocenters. The van der Waals surface area contributed by atoms with Crippen molar-refractivity contribution in [3.05, 3.63) is 63.7 Å². The molecule has 0 radical (unpaired) electrons. The molecule has 0 aromatic heterocycles. The molecule has 2 aliphatic heterocycles. The standard InChI is InChI=1S/C18H17N3O5/c22-17-10-13-2-1-3-14(8-13)26-16-5-4-12(9-15(16)21(24)25)6-7-19-18(23)11-20-17/h1-5,8-9H,6-7,10-11H2,(H,19,23)(H,20,22). The molecule has 0 fully saturated rings. The molecule has 4 bridgehead atoms. The highest BCUT2D eigenvalue weighted by molar-refractivity contribution is 5.85. The van der Waals surface area contributed by atoms with Crippen LogP contribution in [0.4, 0.5) is 5.69 Å². The van der Waals surface area contributed by atoms with E-state index < -0.39 is 4.92 Å². The Hall–Kier alpha value is -3.42. The quantitative estimate of drug-likeness (QED) is 0.598. The second-order valence-electron chi connectivity index (χ2n) is 5.86. The number of amides is 2. The third kappa shape index (κ3) is 4.35. The summed E-state index contributed by atoms with van der Waals surface area (Å²) in [5, 5.41) is 16.6. The molecule has 2 amide bonds. The molecule has 0 atom stereocenters. The number of ether oxygens (including phenoxy) is 1. The fourth-order valence-electron chi connectivity index (χ4n) is 2.63. The van der Waals surface area contributed by atoms with Gasteiger partial charge in [0, 0.05) is 12.6 Å². The van der Waals surface area contributed by atoms with Gasteiger partial charge in [0.1, 0.15) is 5.75 Å². The zero-order valence-electron chi connectivity index (χ0n) is 13.9. The van der Waals surface area contributed by atoms with Gasteiger partial charge in [-0.15, -0.1) is 0 Å². The fourth-order valence-corrected chi connectivity index (χ4v) is 2.63. The largest absolute Gasteiger partial charge is 0.450 e. The monoisotopic (exact) mass is 355 g/mol. The van der Waals surface area contributed by atoms with Crippen molar-refractivity contribution in [1.29, 1.82) is 0 Å². The fraction of sp³-hybridized carbons (Fsp3) is 0.222. The zero-order chi connectivity index (χ0) is 18.5. The first-order chi connectivity index (χ1) is 12.5. The highest BCUT2D eigenvalue weighted by Gasteiger charge is 2.17. The molecule has 2 aromatic carbocycles. The number of carbonyl (C=O) groups excluding carboxylic acids is 2. The molecule has 0 saturated carbocycles. The van der Waals surface area contributed by atoms with E-state index in [-0.39, 0.29) is 36.2 Å². The number of nitro groups is 1. The second-order valence-corrected chi connectivity index (χ2v) is 5.86. The van der Waals surface area contributed by atoms with Gasteiger partial charge in [0.15, 0.2) is 0 Å². The van der Waals surface area contributed by atoms with E-state index in [0.717, 1.165) is 0 Å². The highest BCUT2D eigenvalue weighted by Crippen LogP contribution is 2.32. The van der Waals surface area contributed by atoms with E-state index in [4.69, 9.17) is 4.74 Å². The Labute approximate surface area is 149 Å². The van der Waals surface area contributed by atoms with Crippen LogP contribution in [0, 0.1) is 10.1 Å². The Morgan fingerprint density at radius 2 is 1.85 bits per heavy atom. The Balaban J connectivity index is 1.96. The summed E-state index contributed by atoms with van der Waals surface area (Å²) in [4.78, 5) is 34.6. The summed E-state index contributed by atoms with van der Waals surface area (Å²) in [6.07, 6.45) is 0.502. The number of carbonyl (C=O) groups is 2. The van der Waals surface area contributed by atoms with Crippen LogP contribution in [0.1, 0.15) is 11.1 Å². The molecule has 0 saturated heterocycles. The first kappa shape index (κ1) is 17.4. The molecule has 8 heteroatoms. The lowest BCUT2D eigenvalue weighted by atomic mass is 10.1. The van der Waals surface area contributed by atoms with Crippen LogP contribution in [0.3, 0.4) is 0 Å². The molecule has 134 valence electrons. The third-order valence-electron chi connectivity index (χ3n) is 3.89. The maximum absolute atomic E-state index is 11.9. The van der Waals surface area contributed by atoms with Crippen molar-refractivity contribution in [2.45, 2.75) is 12.8 Å². The summed E-state index contributed by atoms with van der Waals surface area (Å²) in [5.41, 5.74) is 1.23. The molecule has 2 aliphatic rings. The molecular weight excluding hydrogens is 338 g/mol. The smallest absolute Gasteiger partial charge is 0.311 e. The van der Waals surface area contributed by atoms with Gasteiger partial charge in [-0.25, -0.2) is 0 Å². The van der Waals surface area contributed by atoms with Crippen molar-refractivity contribution in [3.8, 4) is 11.5 Å². The van der Waals surface area contributed by atoms with Gasteiger partial charge >= 0.3 is 5.69 Å². The van der Waals surface area contributed by atoms with Gasteiger partial charge in [-0.3, -0.25) is 19.7 Å². The molecule has 2 heterocycles. The number of nitro benzene ring substituents is 1. The Bertz CT molecular complexity index is 866. The summed E-state index contributed by atoms with van der Waals surface area (Å²) in [5.74, 6) is -0.0835. The molecule has 2 N–H and O–H groups in total. The lowest BCUT2D eigenvalue weighted by Gasteiger charge is -2.11. The Morgan fingerprint density at radius 3 is 2.65 bits per heavy atom. The minimum absolute atomic E-state index is 0.0749. The van der Waals surface area contributed by atoms with Crippen LogP contribution in [-0.4, -0.2) is 29.8 Å². The van der Waals surface area contributed by atoms with E-state index in [0.29, 0.717) is 29.8 Å². The summed E-state index contributed by atoms with van der Waals surface area (Å²) in [7, 11) is 0. The Morgan fingerprint density at radius 1 is 1.00 bits per heavy atom. The molecular formula is C18H17N3O5. The highest BCUT2D eigenvalue weighted by atomic mass is 16.6. The topological polar surface area (TPSA) is 111 Å². The van der Waals surface area contributed by atoms with Crippen LogP contribution in [0.25, 0.3) is 0 Å². The van der Waals surface area contributed by atoms with Crippen LogP contribution >= 0.6 is 0 Å². The molecule has 8 nitrogen and oxygen atoms in total. The maximum atomic E-state index is 11.9. The van der Waals surface area contributed by atoms with Gasteiger partial charge < -0.3 is 15.4 Å². The molecule has 4 rings (SSSR count). The number of rotatable bonds is 1. The predicted octanol–water partition coefficient (Wildman–Crippen LogP) is 1.72. The summed E-state index contributed by atoms with van der Waals surface area (Å²) in [6.45, 7) is 0.194. The normalized spacial score (nSPS) is 14.9. The zero-order valence-corrected chi connectivity index (χ0v) is 13.9. The molecule has 2 aromatic rings. The van der Waals surface area contributed by atoms with Crippen LogP contribution < -0.4 is 15.4 Å². The number of hydrogen-bond donors (Lipinski definition) is 2. The maximum Gasteiger partial charge on any atom is 0.311 e. The van der Waals surface area contributed by atoms with E-state index in [1.807, 2.05) is 0 Å². The van der Waals surface area contributed by atoms with Gasteiger partial charge in [0.25, 0.3) is 0 Å². The molecule has 0 spiro atoms. The van der Waals surface area contributed by atoms with E-state index >= 15 is 0 Å². The van der Waals surface area contributed by atoms with Crippen molar-refractivity contribution in [1.82, 2.24) is 10.6 Å². The van der Waals surface area contributed by atoms with Gasteiger partial charge in [0.2, 0.25) is 17.6 Å². The number of hydrogen-bond acceptors (Lipinski definition) is 5. The van der Waals surface area contributed by atoms with Crippen LogP contribution in [0.5, 0.6) is 11.5 Å². The minimum Gasteiger partial charge on any atom is -0.450 e. The van der Waals surface area contributed by atoms with E-state index in [1.54, 1.807) is 36.4 Å². The summed E-state index contributed by atoms with van der Waals surface area (Å²) < 4.78 is 5.67. The third-order valence-corrected chi connectivity index (χ3v) is 3.89. The lowest BCUT2D eigenvalue weighted by Crippen LogP contribution is -2.38. The van der Waals surface area contributed by atoms with Gasteiger partial charge in [0.05, 0.1) is 17.9 Å². The van der Waals surface area contributed by atoms with Crippen molar-refractivity contribution in [2.24, 2.45) is 0 Å². The first-order valence-electron chi connectivity index (χ1n) is 8.09. The second kappa shape index (κ2) is 7.64. The Kier molecular flexibility index (Phi) is 5.12. The van der Waals surface area contributed by atoms with Crippen LogP contribution in [0.15, 0.2) is 42.5 Å². The number of nitrogens with one attached hydrogen (secondary N) is 2. The number of nitrogens with zero attached hydrogens (tertiary/aromatic N) is 1. The molecule has 0 aliphatic carbocycles. The van der Waals surface area contributed by atoms with Crippen LogP contribution in [0.2, 0.25) is 0 Å². The average Bonchev–Trinajstić information content (AvgIpc) is 2.60. The van der Waals surface area contributed by atoms with E-state index in [1.165, 1.54) is 6.07 Å². The summed E-state index contributed by atoms with van der Waals surface area (Å²) >= 11 is 0. The summed E-state index contributed by atoms with van der Waals surface area (Å²) in [6, 6.07) is 11.5. The van der Waals surface area contributed by atoms with Gasteiger partial charge in [-0.2, -0.15) is 0 Å². The van der Waals surface area contributed by atoms with Crippen molar-refractivity contribution < 1.29 is 19.2 Å². The predicted molar refractivity (Wildman–Crippen MR) is 93.0 cm³/mol. The van der Waals surface area contributed by atoms with Gasteiger partial charge in [-0.05, 0) is 35.7 Å². The van der Waals surface area contributed by atoms with Crippen molar-refractivity contribution in [3.63, 3.8) is 0 Å². The average molecular weight is 355 g/mol. The van der Waals surface area contributed by atoms with Crippen molar-refractivity contribution in [2.75, 3.05) is 13.1 Å². The van der Waals surface area contributed by atoms with E-state index in [9.17, 15) is 19.7 Å². The van der Waals surface area contributed by atoms with Crippen LogP contribution in [-0.2, 0) is 22.4 Å². The number of benzene rings is 2. The van der Waals surface area contributed by atoms with Gasteiger partial charge in [-0.1, -0.05) is 18.2 Å².